The summed E-state index contributed by atoms with van der Waals surface area (Å²) in [4.78, 5) is 16.1. The molecule has 4 aliphatic carbocycles. The first-order valence-corrected chi connectivity index (χ1v) is 23.4. The average molecular weight is 872 g/mol. The highest BCUT2D eigenvalue weighted by atomic mass is 16.3. The second kappa shape index (κ2) is 13.4. The van der Waals surface area contributed by atoms with E-state index in [4.69, 9.17) is 23.8 Å². The van der Waals surface area contributed by atoms with Gasteiger partial charge in [0.2, 0.25) is 5.95 Å². The standard InChI is InChI=1S/C61H37N5O2/c1-5-16-48-41(12-1)44-26-27-50-57(58(44)65(48)40-30-36-22-20-34-10-9-11-35-21-23-37(31-40)56(36)55(34)35)45-15-2-6-17-49(45)66(50)61-63-59(38-24-28-53-46(32-38)42-13-3-7-18-51(42)67-53)62-60(64-61)39-25-29-54-47(33-39)43-14-4-8-19-52(43)68-54/h1-34,37,55-56H. The predicted molar refractivity (Wildman–Crippen MR) is 274 cm³/mol. The van der Waals surface area contributed by atoms with Crippen molar-refractivity contribution in [1.29, 1.82) is 0 Å². The summed E-state index contributed by atoms with van der Waals surface area (Å²) >= 11 is 0. The summed E-state index contributed by atoms with van der Waals surface area (Å²) in [7, 11) is 0. The third kappa shape index (κ3) is 4.99. The second-order valence-electron chi connectivity index (χ2n) is 18.7. The van der Waals surface area contributed by atoms with Crippen molar-refractivity contribution >= 4 is 93.2 Å². The fraction of sp³-hybridized carbons (Fsp3) is 0.0656. The molecule has 5 heterocycles. The maximum absolute atomic E-state index is 6.27. The molecule has 0 aliphatic heterocycles. The van der Waals surface area contributed by atoms with E-state index in [1.165, 1.54) is 38.6 Å². The van der Waals surface area contributed by atoms with Gasteiger partial charge in [0.15, 0.2) is 11.6 Å². The van der Waals surface area contributed by atoms with Gasteiger partial charge in [0.25, 0.3) is 0 Å². The van der Waals surface area contributed by atoms with E-state index in [0.717, 1.165) is 76.8 Å². The molecule has 7 heteroatoms. The molecular formula is C61H37N5O2. The highest BCUT2D eigenvalue weighted by molar-refractivity contribution is 6.26. The SMILES string of the molecule is C1=CC2C=CC3=CC(n4c5ccccc5c5ccc6c(c7ccccc7n6-c6nc(-c7ccc8oc9ccccc9c8c7)nc(-c7ccc8oc9ccccc9c8c7)n6)c54)=CC4C=CC(=C1)C2C34. The minimum absolute atomic E-state index is 0.281. The van der Waals surface area contributed by atoms with Crippen LogP contribution < -0.4 is 0 Å². The molecule has 4 atom stereocenters. The van der Waals surface area contributed by atoms with Crippen LogP contribution in [0.2, 0.25) is 0 Å². The normalized spacial score (nSPS) is 19.6. The summed E-state index contributed by atoms with van der Waals surface area (Å²) in [6.07, 6.45) is 21.5. The lowest BCUT2D eigenvalue weighted by atomic mass is 9.60. The summed E-state index contributed by atoms with van der Waals surface area (Å²) < 4.78 is 17.3. The van der Waals surface area contributed by atoms with Crippen molar-refractivity contribution in [2.75, 3.05) is 0 Å². The highest BCUT2D eigenvalue weighted by Crippen LogP contribution is 2.52. The summed E-state index contributed by atoms with van der Waals surface area (Å²) in [5.41, 5.74) is 13.5. The average Bonchev–Trinajstić information content (AvgIpc) is 4.15. The van der Waals surface area contributed by atoms with Gasteiger partial charge in [0.05, 0.1) is 22.1 Å². The van der Waals surface area contributed by atoms with Crippen LogP contribution in [0.15, 0.2) is 220 Å². The first kappa shape index (κ1) is 36.4. The van der Waals surface area contributed by atoms with Crippen molar-refractivity contribution in [2.45, 2.75) is 0 Å². The Kier molecular flexibility index (Phi) is 7.17. The van der Waals surface area contributed by atoms with E-state index in [9.17, 15) is 0 Å². The number of furan rings is 2. The van der Waals surface area contributed by atoms with Crippen molar-refractivity contribution in [3.8, 4) is 28.7 Å². The van der Waals surface area contributed by atoms with E-state index in [1.54, 1.807) is 0 Å². The Morgan fingerprint density at radius 1 is 0.441 bits per heavy atom. The van der Waals surface area contributed by atoms with Gasteiger partial charge in [0.1, 0.15) is 22.3 Å². The number of benzene rings is 7. The maximum Gasteiger partial charge on any atom is 0.238 e. The van der Waals surface area contributed by atoms with E-state index in [1.807, 2.05) is 48.5 Å². The Morgan fingerprint density at radius 3 is 1.75 bits per heavy atom. The van der Waals surface area contributed by atoms with Crippen LogP contribution in [-0.2, 0) is 0 Å². The number of rotatable bonds is 4. The Balaban J connectivity index is 0.964. The number of hydrogen-bond donors (Lipinski definition) is 0. The topological polar surface area (TPSA) is 74.8 Å². The fourth-order valence-electron chi connectivity index (χ4n) is 12.2. The van der Waals surface area contributed by atoms with Gasteiger partial charge in [-0.3, -0.25) is 4.57 Å². The summed E-state index contributed by atoms with van der Waals surface area (Å²) in [6.45, 7) is 0. The zero-order chi connectivity index (χ0) is 44.2. The van der Waals surface area contributed by atoms with Gasteiger partial charge in [-0.05, 0) is 84.0 Å². The van der Waals surface area contributed by atoms with Gasteiger partial charge in [-0.1, -0.05) is 127 Å². The van der Waals surface area contributed by atoms with Crippen molar-refractivity contribution in [3.05, 3.63) is 211 Å². The van der Waals surface area contributed by atoms with Crippen LogP contribution in [0.25, 0.3) is 122 Å². The Morgan fingerprint density at radius 2 is 1.03 bits per heavy atom. The second-order valence-corrected chi connectivity index (χ2v) is 18.7. The van der Waals surface area contributed by atoms with Gasteiger partial charge in [-0.15, -0.1) is 0 Å². The monoisotopic (exact) mass is 871 g/mol. The molecule has 4 aliphatic rings. The smallest absolute Gasteiger partial charge is 0.238 e. The number of allylic oxidation sites excluding steroid dienone is 12. The zero-order valence-corrected chi connectivity index (χ0v) is 36.4. The molecule has 0 radical (unpaired) electrons. The molecule has 12 aromatic rings. The molecule has 7 nitrogen and oxygen atoms in total. The molecule has 68 heavy (non-hydrogen) atoms. The van der Waals surface area contributed by atoms with Gasteiger partial charge in [-0.25, -0.2) is 4.98 Å². The van der Waals surface area contributed by atoms with Crippen LogP contribution in [0.3, 0.4) is 0 Å². The number of nitrogens with zero attached hydrogens (tertiary/aromatic N) is 5. The Hall–Kier alpha value is -8.81. The molecule has 0 N–H and O–H groups in total. The van der Waals surface area contributed by atoms with E-state index < -0.39 is 0 Å². The van der Waals surface area contributed by atoms with Crippen molar-refractivity contribution in [1.82, 2.24) is 24.1 Å². The zero-order valence-electron chi connectivity index (χ0n) is 36.4. The predicted octanol–water partition coefficient (Wildman–Crippen LogP) is 15.1. The quantitative estimate of drug-likeness (QED) is 0.176. The molecule has 0 saturated carbocycles. The maximum atomic E-state index is 6.27. The van der Waals surface area contributed by atoms with Crippen molar-refractivity contribution in [2.24, 2.45) is 23.7 Å². The fourth-order valence-corrected chi connectivity index (χ4v) is 12.2. The summed E-state index contributed by atoms with van der Waals surface area (Å²) in [6, 6.07) is 50.9. The number of para-hydroxylation sites is 4. The van der Waals surface area contributed by atoms with Crippen molar-refractivity contribution < 1.29 is 8.83 Å². The lowest BCUT2D eigenvalue weighted by molar-refractivity contribution is 0.324. The van der Waals surface area contributed by atoms with E-state index in [2.05, 4.69) is 161 Å². The van der Waals surface area contributed by atoms with Crippen LogP contribution in [0.1, 0.15) is 0 Å². The van der Waals surface area contributed by atoms with Gasteiger partial charge in [-0.2, -0.15) is 9.97 Å². The van der Waals surface area contributed by atoms with E-state index >= 15 is 0 Å². The molecule has 0 fully saturated rings. The Labute approximate surface area is 388 Å². The first-order valence-electron chi connectivity index (χ1n) is 23.4. The van der Waals surface area contributed by atoms with Gasteiger partial charge < -0.3 is 13.4 Å². The van der Waals surface area contributed by atoms with Crippen LogP contribution in [0.5, 0.6) is 0 Å². The summed E-state index contributed by atoms with van der Waals surface area (Å²) in [5, 5.41) is 8.83. The minimum atomic E-state index is 0.281. The van der Waals surface area contributed by atoms with E-state index in [0.29, 0.717) is 35.4 Å². The molecule has 7 aromatic carbocycles. The molecule has 5 aromatic heterocycles. The molecule has 0 spiro atoms. The lowest BCUT2D eigenvalue weighted by Crippen LogP contribution is -2.36. The molecule has 0 saturated heterocycles. The first-order chi connectivity index (χ1) is 33.7. The third-order valence-corrected chi connectivity index (χ3v) is 15.1. The molecule has 16 rings (SSSR count). The summed E-state index contributed by atoms with van der Waals surface area (Å²) in [5.74, 6) is 3.26. The molecule has 318 valence electrons. The lowest BCUT2D eigenvalue weighted by Gasteiger charge is -2.44. The largest absolute Gasteiger partial charge is 0.456 e. The molecule has 0 bridgehead atoms. The Bertz CT molecular complexity index is 4290. The highest BCUT2D eigenvalue weighted by Gasteiger charge is 2.42. The number of fused-ring (bicyclic) bond motifs is 13. The van der Waals surface area contributed by atoms with Gasteiger partial charge in [0, 0.05) is 83.6 Å². The van der Waals surface area contributed by atoms with Crippen molar-refractivity contribution in [3.63, 3.8) is 0 Å². The molecule has 0 amide bonds. The third-order valence-electron chi connectivity index (χ3n) is 15.1. The minimum Gasteiger partial charge on any atom is -0.456 e. The number of hydrogen-bond acceptors (Lipinski definition) is 5. The van der Waals surface area contributed by atoms with Crippen LogP contribution in [-0.4, -0.2) is 24.1 Å². The van der Waals surface area contributed by atoms with Crippen LogP contribution >= 0.6 is 0 Å². The van der Waals surface area contributed by atoms with Gasteiger partial charge >= 0.3 is 0 Å². The van der Waals surface area contributed by atoms with E-state index in [-0.39, 0.29) is 5.92 Å². The van der Waals surface area contributed by atoms with Crippen LogP contribution in [0.4, 0.5) is 0 Å². The molecule has 4 unspecified atom stereocenters. The molecular weight excluding hydrogens is 835 g/mol. The number of aromatic nitrogens is 5. The van der Waals surface area contributed by atoms with Crippen LogP contribution in [0, 0.1) is 23.7 Å².